The zero-order chi connectivity index (χ0) is 20.9. The molecule has 0 saturated heterocycles. The number of nitrogens with zero attached hydrogens (tertiary/aromatic N) is 7. The molecule has 0 amide bonds. The van der Waals surface area contributed by atoms with Crippen LogP contribution in [0.15, 0.2) is 42.6 Å². The van der Waals surface area contributed by atoms with Crippen molar-refractivity contribution >= 4 is 0 Å². The standard InChI is InChI=1S/C22H26N8/c1-4-5-13-30-19(24-21(27-30)15(2)3)14-16-8-10-17(11-9-16)18-7-6-12-23-20(18)22-25-28-29-26-22/h6-12,15H,4-5,13-14H2,1-3H3,(H,25,26,28,29). The summed E-state index contributed by atoms with van der Waals surface area (Å²) < 4.78 is 2.07. The molecule has 1 N–H and O–H groups in total. The summed E-state index contributed by atoms with van der Waals surface area (Å²) in [7, 11) is 0. The highest BCUT2D eigenvalue weighted by Crippen LogP contribution is 2.28. The topological polar surface area (TPSA) is 98.1 Å². The Hall–Kier alpha value is -3.42. The van der Waals surface area contributed by atoms with Crippen LogP contribution in [-0.2, 0) is 13.0 Å². The molecule has 0 bridgehead atoms. The van der Waals surface area contributed by atoms with Crippen LogP contribution in [0.1, 0.15) is 56.7 Å². The van der Waals surface area contributed by atoms with Crippen LogP contribution in [0.25, 0.3) is 22.6 Å². The van der Waals surface area contributed by atoms with Gasteiger partial charge in [-0.15, -0.1) is 5.10 Å². The highest BCUT2D eigenvalue weighted by atomic mass is 15.5. The van der Waals surface area contributed by atoms with Crippen LogP contribution in [0.3, 0.4) is 0 Å². The van der Waals surface area contributed by atoms with Crippen molar-refractivity contribution in [3.8, 4) is 22.6 Å². The number of benzene rings is 1. The minimum absolute atomic E-state index is 0.323. The molecule has 0 aliphatic carbocycles. The normalized spacial score (nSPS) is 11.3. The summed E-state index contributed by atoms with van der Waals surface area (Å²) in [5.74, 6) is 2.82. The van der Waals surface area contributed by atoms with Crippen molar-refractivity contribution in [2.24, 2.45) is 0 Å². The lowest BCUT2D eigenvalue weighted by atomic mass is 10.0. The van der Waals surface area contributed by atoms with Gasteiger partial charge in [-0.3, -0.25) is 4.98 Å². The van der Waals surface area contributed by atoms with Crippen LogP contribution in [0.4, 0.5) is 0 Å². The van der Waals surface area contributed by atoms with E-state index in [9.17, 15) is 0 Å². The number of aryl methyl sites for hydroxylation is 1. The lowest BCUT2D eigenvalue weighted by Gasteiger charge is -2.08. The Morgan fingerprint density at radius 1 is 1.10 bits per heavy atom. The van der Waals surface area contributed by atoms with Gasteiger partial charge in [-0.2, -0.15) is 5.10 Å². The molecule has 0 aliphatic rings. The lowest BCUT2D eigenvalue weighted by molar-refractivity contribution is 0.543. The predicted molar refractivity (Wildman–Crippen MR) is 115 cm³/mol. The Morgan fingerprint density at radius 3 is 2.63 bits per heavy atom. The van der Waals surface area contributed by atoms with Gasteiger partial charge in [0.25, 0.3) is 0 Å². The minimum atomic E-state index is 0.323. The van der Waals surface area contributed by atoms with Crippen molar-refractivity contribution in [3.63, 3.8) is 0 Å². The number of nitrogens with one attached hydrogen (secondary N) is 1. The molecule has 8 heteroatoms. The molecule has 30 heavy (non-hydrogen) atoms. The van der Waals surface area contributed by atoms with Crippen LogP contribution < -0.4 is 0 Å². The maximum absolute atomic E-state index is 4.80. The van der Waals surface area contributed by atoms with Crippen molar-refractivity contribution in [2.75, 3.05) is 0 Å². The van der Waals surface area contributed by atoms with Gasteiger partial charge in [0, 0.05) is 30.6 Å². The fourth-order valence-corrected chi connectivity index (χ4v) is 3.33. The SMILES string of the molecule is CCCCn1nc(C(C)C)nc1Cc1ccc(-c2cccnc2-c2nnn[nH]2)cc1. The molecular weight excluding hydrogens is 376 g/mol. The molecule has 4 rings (SSSR count). The summed E-state index contributed by atoms with van der Waals surface area (Å²) in [5, 5.41) is 18.8. The van der Waals surface area contributed by atoms with E-state index >= 15 is 0 Å². The average Bonchev–Trinajstić information content (AvgIpc) is 3.43. The first-order valence-corrected chi connectivity index (χ1v) is 10.4. The molecule has 3 heterocycles. The Kier molecular flexibility index (Phi) is 5.92. The molecular formula is C22H26N8. The molecule has 4 aromatic rings. The molecule has 0 fully saturated rings. The van der Waals surface area contributed by atoms with Gasteiger partial charge in [-0.1, -0.05) is 57.5 Å². The van der Waals surface area contributed by atoms with E-state index in [-0.39, 0.29) is 0 Å². The molecule has 0 spiro atoms. The van der Waals surface area contributed by atoms with Crippen molar-refractivity contribution in [2.45, 2.75) is 52.5 Å². The number of rotatable bonds is 8. The van der Waals surface area contributed by atoms with E-state index in [0.717, 1.165) is 54.3 Å². The lowest BCUT2D eigenvalue weighted by Crippen LogP contribution is -2.06. The van der Waals surface area contributed by atoms with Crippen LogP contribution in [0.5, 0.6) is 0 Å². The maximum atomic E-state index is 4.80. The Balaban J connectivity index is 1.59. The Bertz CT molecular complexity index is 1080. The second-order valence-electron chi connectivity index (χ2n) is 7.64. The van der Waals surface area contributed by atoms with Gasteiger partial charge in [0.15, 0.2) is 11.6 Å². The molecule has 0 atom stereocenters. The second kappa shape index (κ2) is 8.94. The zero-order valence-electron chi connectivity index (χ0n) is 17.6. The highest BCUT2D eigenvalue weighted by molar-refractivity contribution is 5.77. The first kappa shape index (κ1) is 19.9. The van der Waals surface area contributed by atoms with E-state index in [1.54, 1.807) is 6.20 Å². The number of pyridine rings is 1. The Labute approximate surface area is 175 Å². The van der Waals surface area contributed by atoms with Gasteiger partial charge in [0.1, 0.15) is 11.5 Å². The third-order valence-corrected chi connectivity index (χ3v) is 5.01. The van der Waals surface area contributed by atoms with Gasteiger partial charge in [0.05, 0.1) is 0 Å². The van der Waals surface area contributed by atoms with Crippen molar-refractivity contribution in [1.82, 2.24) is 40.4 Å². The molecule has 8 nitrogen and oxygen atoms in total. The number of H-pyrrole nitrogens is 1. The van der Waals surface area contributed by atoms with Crippen LogP contribution in [0, 0.1) is 0 Å². The van der Waals surface area contributed by atoms with Gasteiger partial charge in [-0.25, -0.2) is 14.8 Å². The van der Waals surface area contributed by atoms with Crippen molar-refractivity contribution in [3.05, 3.63) is 59.8 Å². The van der Waals surface area contributed by atoms with Crippen molar-refractivity contribution in [1.29, 1.82) is 0 Å². The monoisotopic (exact) mass is 402 g/mol. The van der Waals surface area contributed by atoms with Gasteiger partial charge in [0.2, 0.25) is 0 Å². The molecule has 3 aromatic heterocycles. The molecule has 0 radical (unpaired) electrons. The van der Waals surface area contributed by atoms with Gasteiger partial charge >= 0.3 is 0 Å². The summed E-state index contributed by atoms with van der Waals surface area (Å²) in [6, 6.07) is 12.4. The largest absolute Gasteiger partial charge is 0.252 e. The highest BCUT2D eigenvalue weighted by Gasteiger charge is 2.14. The summed E-state index contributed by atoms with van der Waals surface area (Å²) in [4.78, 5) is 9.25. The number of unbranched alkanes of at least 4 members (excludes halogenated alkanes) is 1. The molecule has 0 unspecified atom stereocenters. The van der Waals surface area contributed by atoms with E-state index in [0.29, 0.717) is 11.7 Å². The molecule has 0 aliphatic heterocycles. The second-order valence-corrected chi connectivity index (χ2v) is 7.64. The Morgan fingerprint density at radius 2 is 1.93 bits per heavy atom. The van der Waals surface area contributed by atoms with E-state index in [4.69, 9.17) is 10.1 Å². The smallest absolute Gasteiger partial charge is 0.198 e. The first-order valence-electron chi connectivity index (χ1n) is 10.4. The van der Waals surface area contributed by atoms with E-state index < -0.39 is 0 Å². The molecule has 0 saturated carbocycles. The third kappa shape index (κ3) is 4.27. The third-order valence-electron chi connectivity index (χ3n) is 5.01. The van der Waals surface area contributed by atoms with E-state index in [1.807, 2.05) is 12.1 Å². The van der Waals surface area contributed by atoms with Crippen LogP contribution in [0.2, 0.25) is 0 Å². The maximum Gasteiger partial charge on any atom is 0.198 e. The van der Waals surface area contributed by atoms with Crippen LogP contribution in [-0.4, -0.2) is 40.4 Å². The fraction of sp³-hybridized carbons (Fsp3) is 0.364. The predicted octanol–water partition coefficient (Wildman–Crippen LogP) is 4.03. The van der Waals surface area contributed by atoms with Gasteiger partial charge < -0.3 is 0 Å². The minimum Gasteiger partial charge on any atom is -0.252 e. The number of aromatic amines is 1. The quantitative estimate of drug-likeness (QED) is 0.478. The first-order chi connectivity index (χ1) is 14.7. The number of aromatic nitrogens is 8. The molecule has 1 aromatic carbocycles. The van der Waals surface area contributed by atoms with Gasteiger partial charge in [-0.05, 0) is 34.0 Å². The number of hydrogen-bond acceptors (Lipinski definition) is 6. The molecule has 154 valence electrons. The van der Waals surface area contributed by atoms with Crippen LogP contribution >= 0.6 is 0 Å². The number of tetrazole rings is 1. The summed E-state index contributed by atoms with van der Waals surface area (Å²) >= 11 is 0. The summed E-state index contributed by atoms with van der Waals surface area (Å²) in [6.45, 7) is 7.37. The van der Waals surface area contributed by atoms with E-state index in [2.05, 4.69) is 75.3 Å². The number of hydrogen-bond donors (Lipinski definition) is 1. The average molecular weight is 403 g/mol. The summed E-state index contributed by atoms with van der Waals surface area (Å²) in [5.41, 5.74) is 3.98. The van der Waals surface area contributed by atoms with Crippen molar-refractivity contribution < 1.29 is 0 Å². The zero-order valence-corrected chi connectivity index (χ0v) is 17.6. The van der Waals surface area contributed by atoms with E-state index in [1.165, 1.54) is 5.56 Å². The summed E-state index contributed by atoms with van der Waals surface area (Å²) in [6.07, 6.45) is 4.74. The fourth-order valence-electron chi connectivity index (χ4n) is 3.33.